The van der Waals surface area contributed by atoms with Crippen LogP contribution in [-0.4, -0.2) is 34.6 Å². The Bertz CT molecular complexity index is 1180. The lowest BCUT2D eigenvalue weighted by Gasteiger charge is -2.15. The Morgan fingerprint density at radius 1 is 1.03 bits per heavy atom. The standard InChI is InChI=1S/C23H20F7N3O2/c1-14-8-19(32-33(14)11-15-4-3-7-18(10-15)23(28,29)30)31-20(34)17-6-2-5-16(9-17)12-35-13-22(26,27)21(24)25/h2-10,21H,11-13H2,1H3,(H,31,32,34). The van der Waals surface area contributed by atoms with Gasteiger partial charge in [0.1, 0.15) is 6.61 Å². The van der Waals surface area contributed by atoms with Gasteiger partial charge in [0, 0.05) is 17.3 Å². The third-order valence-electron chi connectivity index (χ3n) is 4.88. The first-order valence-electron chi connectivity index (χ1n) is 10.2. The first kappa shape index (κ1) is 26.2. The summed E-state index contributed by atoms with van der Waals surface area (Å²) in [5, 5.41) is 6.75. The van der Waals surface area contributed by atoms with Gasteiger partial charge < -0.3 is 10.1 Å². The van der Waals surface area contributed by atoms with E-state index in [0.29, 0.717) is 16.8 Å². The molecule has 0 unspecified atom stereocenters. The third-order valence-corrected chi connectivity index (χ3v) is 4.88. The molecule has 1 N–H and O–H groups in total. The van der Waals surface area contributed by atoms with Crippen LogP contribution in [0.3, 0.4) is 0 Å². The molecule has 0 fully saturated rings. The number of ether oxygens (including phenoxy) is 1. The maximum Gasteiger partial charge on any atom is 0.416 e. The molecule has 1 heterocycles. The van der Waals surface area contributed by atoms with E-state index in [1.807, 2.05) is 0 Å². The lowest BCUT2D eigenvalue weighted by molar-refractivity contribution is -0.168. The highest BCUT2D eigenvalue weighted by atomic mass is 19.4. The Hall–Kier alpha value is -3.41. The van der Waals surface area contributed by atoms with Gasteiger partial charge in [0.05, 0.1) is 18.7 Å². The van der Waals surface area contributed by atoms with Crippen molar-refractivity contribution in [3.05, 3.63) is 82.5 Å². The lowest BCUT2D eigenvalue weighted by atomic mass is 10.1. The Kier molecular flexibility index (Phi) is 7.83. The van der Waals surface area contributed by atoms with E-state index >= 15 is 0 Å². The molecule has 0 saturated heterocycles. The molecule has 3 rings (SSSR count). The molecule has 0 aliphatic heterocycles. The zero-order chi connectivity index (χ0) is 25.8. The molecule has 0 spiro atoms. The normalized spacial score (nSPS) is 12.3. The third kappa shape index (κ3) is 7.04. The average molecular weight is 503 g/mol. The minimum atomic E-state index is -4.47. The molecule has 0 aliphatic carbocycles. The number of alkyl halides is 7. The van der Waals surface area contributed by atoms with E-state index in [4.69, 9.17) is 0 Å². The van der Waals surface area contributed by atoms with Gasteiger partial charge in [-0.3, -0.25) is 9.48 Å². The fourth-order valence-corrected chi connectivity index (χ4v) is 3.11. The summed E-state index contributed by atoms with van der Waals surface area (Å²) in [6.07, 6.45) is -8.33. The molecule has 35 heavy (non-hydrogen) atoms. The number of rotatable bonds is 9. The Morgan fingerprint density at radius 3 is 2.40 bits per heavy atom. The number of aromatic nitrogens is 2. The molecule has 0 radical (unpaired) electrons. The average Bonchev–Trinajstić information content (AvgIpc) is 3.11. The first-order chi connectivity index (χ1) is 16.3. The van der Waals surface area contributed by atoms with E-state index in [1.165, 1.54) is 47.1 Å². The van der Waals surface area contributed by atoms with Gasteiger partial charge in [-0.25, -0.2) is 8.78 Å². The molecular weight excluding hydrogens is 483 g/mol. The molecular formula is C23H20F7N3O2. The van der Waals surface area contributed by atoms with Crippen molar-refractivity contribution in [2.45, 2.75) is 38.6 Å². The Balaban J connectivity index is 1.64. The minimum absolute atomic E-state index is 0.0434. The van der Waals surface area contributed by atoms with E-state index in [1.54, 1.807) is 6.92 Å². The fourth-order valence-electron chi connectivity index (χ4n) is 3.11. The lowest BCUT2D eigenvalue weighted by Crippen LogP contribution is -2.32. The highest BCUT2D eigenvalue weighted by Gasteiger charge is 2.40. The van der Waals surface area contributed by atoms with E-state index in [0.717, 1.165) is 12.1 Å². The number of hydrogen-bond acceptors (Lipinski definition) is 3. The van der Waals surface area contributed by atoms with Crippen LogP contribution in [-0.2, 0) is 24.1 Å². The van der Waals surface area contributed by atoms with E-state index in [9.17, 15) is 35.5 Å². The van der Waals surface area contributed by atoms with Crippen molar-refractivity contribution < 1.29 is 40.3 Å². The zero-order valence-electron chi connectivity index (χ0n) is 18.3. The molecule has 0 aliphatic rings. The molecule has 0 saturated carbocycles. The summed E-state index contributed by atoms with van der Waals surface area (Å²) in [4.78, 5) is 12.6. The molecule has 2 aromatic carbocycles. The van der Waals surface area contributed by atoms with Gasteiger partial charge in [-0.05, 0) is 42.3 Å². The monoisotopic (exact) mass is 503 g/mol. The molecule has 0 atom stereocenters. The zero-order valence-corrected chi connectivity index (χ0v) is 18.3. The topological polar surface area (TPSA) is 56.1 Å². The summed E-state index contributed by atoms with van der Waals surface area (Å²) in [5.74, 6) is -4.72. The summed E-state index contributed by atoms with van der Waals surface area (Å²) >= 11 is 0. The largest absolute Gasteiger partial charge is 0.416 e. The number of benzene rings is 2. The van der Waals surface area contributed by atoms with Gasteiger partial charge in [-0.15, -0.1) is 0 Å². The van der Waals surface area contributed by atoms with Crippen molar-refractivity contribution >= 4 is 11.7 Å². The van der Waals surface area contributed by atoms with Crippen LogP contribution in [0.5, 0.6) is 0 Å². The van der Waals surface area contributed by atoms with Gasteiger partial charge in [0.25, 0.3) is 5.91 Å². The van der Waals surface area contributed by atoms with Crippen LogP contribution in [0.15, 0.2) is 54.6 Å². The van der Waals surface area contributed by atoms with Crippen LogP contribution in [0.2, 0.25) is 0 Å². The maximum absolute atomic E-state index is 12.9. The summed E-state index contributed by atoms with van der Waals surface area (Å²) in [5.41, 5.74) is 0.620. The molecule has 0 bridgehead atoms. The van der Waals surface area contributed by atoms with E-state index < -0.39 is 43.2 Å². The number of carbonyl (C=O) groups is 1. The fraction of sp³-hybridized carbons (Fsp3) is 0.304. The van der Waals surface area contributed by atoms with Gasteiger partial charge >= 0.3 is 18.5 Å². The van der Waals surface area contributed by atoms with Crippen molar-refractivity contribution in [2.75, 3.05) is 11.9 Å². The van der Waals surface area contributed by atoms with Crippen LogP contribution in [0.25, 0.3) is 0 Å². The summed E-state index contributed by atoms with van der Waals surface area (Å²) in [7, 11) is 0. The number of hydrogen-bond donors (Lipinski definition) is 1. The highest BCUT2D eigenvalue weighted by molar-refractivity contribution is 6.03. The SMILES string of the molecule is Cc1cc(NC(=O)c2cccc(COCC(F)(F)C(F)F)c2)nn1Cc1cccc(C(F)(F)F)c1. The predicted octanol–water partition coefficient (Wildman–Crippen LogP) is 5.93. The van der Waals surface area contributed by atoms with E-state index in [-0.39, 0.29) is 17.9 Å². The molecule has 188 valence electrons. The van der Waals surface area contributed by atoms with Crippen LogP contribution in [0, 0.1) is 6.92 Å². The number of halogens is 7. The number of anilines is 1. The van der Waals surface area contributed by atoms with Crippen LogP contribution >= 0.6 is 0 Å². The molecule has 3 aromatic rings. The number of amides is 1. The molecule has 1 amide bonds. The smallest absolute Gasteiger partial charge is 0.370 e. The molecule has 5 nitrogen and oxygen atoms in total. The van der Waals surface area contributed by atoms with Crippen molar-refractivity contribution in [1.29, 1.82) is 0 Å². The van der Waals surface area contributed by atoms with Gasteiger partial charge in [-0.2, -0.15) is 27.1 Å². The van der Waals surface area contributed by atoms with Gasteiger partial charge in [-0.1, -0.05) is 24.3 Å². The number of aryl methyl sites for hydroxylation is 1. The maximum atomic E-state index is 12.9. The number of nitrogens with one attached hydrogen (secondary N) is 1. The molecule has 1 aromatic heterocycles. The van der Waals surface area contributed by atoms with Crippen LogP contribution in [0.4, 0.5) is 36.6 Å². The van der Waals surface area contributed by atoms with Crippen molar-refractivity contribution in [3.63, 3.8) is 0 Å². The number of nitrogens with zero attached hydrogens (tertiary/aromatic N) is 2. The van der Waals surface area contributed by atoms with Gasteiger partial charge in [0.15, 0.2) is 5.82 Å². The number of carbonyl (C=O) groups excluding carboxylic acids is 1. The Morgan fingerprint density at radius 2 is 1.71 bits per heavy atom. The highest BCUT2D eigenvalue weighted by Crippen LogP contribution is 2.30. The quantitative estimate of drug-likeness (QED) is 0.369. The van der Waals surface area contributed by atoms with Crippen LogP contribution in [0.1, 0.15) is 32.7 Å². The summed E-state index contributed by atoms with van der Waals surface area (Å²) < 4.78 is 95.2. The first-order valence-corrected chi connectivity index (χ1v) is 10.2. The second kappa shape index (κ2) is 10.5. The predicted molar refractivity (Wildman–Crippen MR) is 113 cm³/mol. The van der Waals surface area contributed by atoms with Crippen LogP contribution < -0.4 is 5.32 Å². The minimum Gasteiger partial charge on any atom is -0.370 e. The van der Waals surface area contributed by atoms with Crippen molar-refractivity contribution in [1.82, 2.24) is 9.78 Å². The second-order valence-corrected chi connectivity index (χ2v) is 7.74. The summed E-state index contributed by atoms with van der Waals surface area (Å²) in [6, 6.07) is 12.1. The molecule has 12 heteroatoms. The van der Waals surface area contributed by atoms with E-state index in [2.05, 4.69) is 15.2 Å². The Labute approximate surface area is 195 Å². The summed E-state index contributed by atoms with van der Waals surface area (Å²) in [6.45, 7) is -0.164. The second-order valence-electron chi connectivity index (χ2n) is 7.74. The van der Waals surface area contributed by atoms with Gasteiger partial charge in [0.2, 0.25) is 0 Å². The van der Waals surface area contributed by atoms with Crippen molar-refractivity contribution in [3.8, 4) is 0 Å². The van der Waals surface area contributed by atoms with Crippen molar-refractivity contribution in [2.24, 2.45) is 0 Å².